The van der Waals surface area contributed by atoms with Crippen molar-refractivity contribution < 1.29 is 32.6 Å². The molecule has 0 fully saturated rings. The summed E-state index contributed by atoms with van der Waals surface area (Å²) in [6, 6.07) is 10.2. The summed E-state index contributed by atoms with van der Waals surface area (Å²) < 4.78 is 42.1. The molecule has 38 heavy (non-hydrogen) atoms. The Morgan fingerprint density at radius 3 is 2.24 bits per heavy atom. The van der Waals surface area contributed by atoms with Crippen molar-refractivity contribution in [2.24, 2.45) is 0 Å². The Kier molecular flexibility index (Phi) is 12.0. The summed E-state index contributed by atoms with van der Waals surface area (Å²) in [5.41, 5.74) is 2.34. The average molecular weight is 567 g/mol. The molecule has 0 aliphatic heterocycles. The van der Waals surface area contributed by atoms with E-state index in [-0.39, 0.29) is 29.6 Å². The normalized spacial score (nSPS) is 13.2. The minimum absolute atomic E-state index is 0.0586. The van der Waals surface area contributed by atoms with Crippen LogP contribution in [-0.4, -0.2) is 25.0 Å². The Morgan fingerprint density at radius 2 is 1.71 bits per heavy atom. The molecule has 5 nitrogen and oxygen atoms in total. The molecule has 0 radical (unpaired) electrons. The number of carbonyl (C=O) groups is 2. The first-order valence-electron chi connectivity index (χ1n) is 11.9. The molecule has 9 heteroatoms. The maximum atomic E-state index is 13.1. The van der Waals surface area contributed by atoms with Crippen molar-refractivity contribution in [3.63, 3.8) is 0 Å². The molecule has 1 unspecified atom stereocenters. The molecule has 0 heterocycles. The van der Waals surface area contributed by atoms with Crippen LogP contribution in [0.4, 0.5) is 8.78 Å². The lowest BCUT2D eigenvalue weighted by atomic mass is 9.99. The standard InChI is InChI=1S/C29H30Cl2F2O5/c1-6-18(4)13-24(31)23(19(5)30)15-26(37-28(35)21-9-7-20(16-34)8-10-21)22-11-12-25(38-29(32)33)27(14-22)36-17(2)3/h7-14,16-17,26,29H,4,6,15H2,1-3,5H3. The Labute approximate surface area is 231 Å². The zero-order chi connectivity index (χ0) is 28.4. The number of rotatable bonds is 13. The van der Waals surface area contributed by atoms with Gasteiger partial charge in [-0.2, -0.15) is 8.78 Å². The molecular weight excluding hydrogens is 537 g/mol. The summed E-state index contributed by atoms with van der Waals surface area (Å²) in [5, 5.41) is 0.708. The second-order valence-electron chi connectivity index (χ2n) is 8.61. The zero-order valence-electron chi connectivity index (χ0n) is 21.6. The van der Waals surface area contributed by atoms with Crippen molar-refractivity contribution in [3.8, 4) is 11.5 Å². The fourth-order valence-corrected chi connectivity index (χ4v) is 3.94. The van der Waals surface area contributed by atoms with Crippen molar-refractivity contribution in [2.75, 3.05) is 0 Å². The summed E-state index contributed by atoms with van der Waals surface area (Å²) in [4.78, 5) is 24.0. The van der Waals surface area contributed by atoms with Crippen LogP contribution in [0.2, 0.25) is 0 Å². The number of alkyl halides is 2. The van der Waals surface area contributed by atoms with Gasteiger partial charge in [-0.05, 0) is 68.7 Å². The van der Waals surface area contributed by atoms with Gasteiger partial charge in [-0.3, -0.25) is 4.79 Å². The van der Waals surface area contributed by atoms with Crippen molar-refractivity contribution in [1.82, 2.24) is 0 Å². The van der Waals surface area contributed by atoms with Gasteiger partial charge in [0.1, 0.15) is 12.4 Å². The van der Waals surface area contributed by atoms with Gasteiger partial charge in [0, 0.05) is 22.0 Å². The highest BCUT2D eigenvalue weighted by molar-refractivity contribution is 6.35. The third-order valence-corrected chi connectivity index (χ3v) is 5.89. The van der Waals surface area contributed by atoms with Gasteiger partial charge in [-0.15, -0.1) is 0 Å². The predicted molar refractivity (Wildman–Crippen MR) is 145 cm³/mol. The molecule has 204 valence electrons. The minimum Gasteiger partial charge on any atom is -0.487 e. The van der Waals surface area contributed by atoms with E-state index in [1.807, 2.05) is 6.92 Å². The van der Waals surface area contributed by atoms with Crippen molar-refractivity contribution in [1.29, 1.82) is 0 Å². The summed E-state index contributed by atoms with van der Waals surface area (Å²) in [6.45, 7) is 7.95. The predicted octanol–water partition coefficient (Wildman–Crippen LogP) is 8.78. The van der Waals surface area contributed by atoms with Crippen molar-refractivity contribution in [2.45, 2.75) is 59.4 Å². The van der Waals surface area contributed by atoms with Gasteiger partial charge < -0.3 is 14.2 Å². The van der Waals surface area contributed by atoms with Crippen LogP contribution in [0.1, 0.15) is 72.9 Å². The lowest BCUT2D eigenvalue weighted by Crippen LogP contribution is -2.15. The molecule has 0 saturated carbocycles. The number of esters is 1. The van der Waals surface area contributed by atoms with Gasteiger partial charge in [0.2, 0.25) is 0 Å². The maximum Gasteiger partial charge on any atom is 0.387 e. The van der Waals surface area contributed by atoms with Crippen molar-refractivity contribution in [3.05, 3.63) is 93.0 Å². The quantitative estimate of drug-likeness (QED) is 0.138. The molecule has 0 aromatic heterocycles. The van der Waals surface area contributed by atoms with Gasteiger partial charge in [0.25, 0.3) is 0 Å². The SMILES string of the molecule is C=C(C=C(Cl)C(CC(OC(=O)c1ccc(C=O)cc1)c1ccc(OC(F)F)c(OC(C)C)c1)=C(C)Cl)CC. The molecule has 0 amide bonds. The number of hydrogen-bond donors (Lipinski definition) is 0. The van der Waals surface area contributed by atoms with Crippen LogP contribution in [0, 0.1) is 0 Å². The molecule has 0 saturated heterocycles. The highest BCUT2D eigenvalue weighted by Gasteiger charge is 2.24. The molecule has 2 aromatic rings. The Hall–Kier alpha value is -3.16. The highest BCUT2D eigenvalue weighted by Crippen LogP contribution is 2.38. The number of benzene rings is 2. The fraction of sp³-hybridized carbons (Fsp3) is 0.310. The summed E-state index contributed by atoms with van der Waals surface area (Å²) in [5.74, 6) is -0.770. The second-order valence-corrected chi connectivity index (χ2v) is 9.58. The highest BCUT2D eigenvalue weighted by atomic mass is 35.5. The summed E-state index contributed by atoms with van der Waals surface area (Å²) in [7, 11) is 0. The average Bonchev–Trinajstić information content (AvgIpc) is 2.86. The van der Waals surface area contributed by atoms with E-state index >= 15 is 0 Å². The third-order valence-electron chi connectivity index (χ3n) is 5.33. The smallest absolute Gasteiger partial charge is 0.387 e. The van der Waals surface area contributed by atoms with E-state index in [9.17, 15) is 18.4 Å². The van der Waals surface area contributed by atoms with E-state index in [0.29, 0.717) is 39.5 Å². The third kappa shape index (κ3) is 9.30. The first-order chi connectivity index (χ1) is 17.9. The fourth-order valence-electron chi connectivity index (χ4n) is 3.34. The van der Waals surface area contributed by atoms with Crippen LogP contribution >= 0.6 is 23.2 Å². The van der Waals surface area contributed by atoms with Gasteiger partial charge in [-0.1, -0.05) is 60.5 Å². The lowest BCUT2D eigenvalue weighted by Gasteiger charge is -2.23. The Balaban J connectivity index is 2.56. The van der Waals surface area contributed by atoms with E-state index < -0.39 is 18.7 Å². The van der Waals surface area contributed by atoms with E-state index in [2.05, 4.69) is 11.3 Å². The van der Waals surface area contributed by atoms with Crippen LogP contribution in [0.3, 0.4) is 0 Å². The van der Waals surface area contributed by atoms with E-state index in [4.69, 9.17) is 32.7 Å². The molecular formula is C29H30Cl2F2O5. The molecule has 0 N–H and O–H groups in total. The lowest BCUT2D eigenvalue weighted by molar-refractivity contribution is -0.0519. The number of carbonyl (C=O) groups excluding carboxylic acids is 2. The van der Waals surface area contributed by atoms with Crippen LogP contribution in [0.5, 0.6) is 11.5 Å². The number of halogens is 4. The summed E-state index contributed by atoms with van der Waals surface area (Å²) >= 11 is 13.0. The summed E-state index contributed by atoms with van der Waals surface area (Å²) in [6.07, 6.45) is 1.80. The molecule has 1 atom stereocenters. The monoisotopic (exact) mass is 566 g/mol. The van der Waals surface area contributed by atoms with E-state index in [0.717, 1.165) is 5.57 Å². The Bertz CT molecular complexity index is 1200. The van der Waals surface area contributed by atoms with E-state index in [1.54, 1.807) is 26.8 Å². The Morgan fingerprint density at radius 1 is 1.05 bits per heavy atom. The number of hydrogen-bond acceptors (Lipinski definition) is 5. The van der Waals surface area contributed by atoms with Crippen LogP contribution < -0.4 is 9.47 Å². The van der Waals surface area contributed by atoms with Crippen LogP contribution in [0.15, 0.2) is 76.3 Å². The molecule has 0 bridgehead atoms. The maximum absolute atomic E-state index is 13.1. The molecule has 0 aliphatic rings. The minimum atomic E-state index is -3.05. The van der Waals surface area contributed by atoms with Gasteiger partial charge in [0.05, 0.1) is 11.7 Å². The topological polar surface area (TPSA) is 61.8 Å². The second kappa shape index (κ2) is 14.7. The van der Waals surface area contributed by atoms with E-state index in [1.165, 1.54) is 42.5 Å². The van der Waals surface area contributed by atoms with Crippen LogP contribution in [-0.2, 0) is 4.74 Å². The number of allylic oxidation sites excluding steroid dienone is 4. The van der Waals surface area contributed by atoms with Crippen molar-refractivity contribution >= 4 is 35.5 Å². The van der Waals surface area contributed by atoms with Crippen LogP contribution in [0.25, 0.3) is 0 Å². The van der Waals surface area contributed by atoms with Gasteiger partial charge in [0.15, 0.2) is 11.5 Å². The molecule has 2 rings (SSSR count). The number of ether oxygens (including phenoxy) is 3. The largest absolute Gasteiger partial charge is 0.487 e. The van der Waals surface area contributed by atoms with Gasteiger partial charge in [-0.25, -0.2) is 4.79 Å². The first kappa shape index (κ1) is 31.1. The first-order valence-corrected chi connectivity index (χ1v) is 12.6. The molecule has 0 aliphatic carbocycles. The zero-order valence-corrected chi connectivity index (χ0v) is 23.1. The number of aldehydes is 1. The van der Waals surface area contributed by atoms with Gasteiger partial charge >= 0.3 is 12.6 Å². The molecule has 0 spiro atoms. The molecule has 2 aromatic carbocycles.